The fourth-order valence-electron chi connectivity index (χ4n) is 1.59. The first-order valence-electron chi connectivity index (χ1n) is 6.01. The highest BCUT2D eigenvalue weighted by Gasteiger charge is 2.09. The number of nitrogens with zero attached hydrogens (tertiary/aromatic N) is 1. The van der Waals surface area contributed by atoms with E-state index in [1.54, 1.807) is 30.5 Å². The molecule has 1 heterocycles. The van der Waals surface area contributed by atoms with Gasteiger partial charge in [-0.3, -0.25) is 9.78 Å². The summed E-state index contributed by atoms with van der Waals surface area (Å²) in [6, 6.07) is 6.74. The normalized spacial score (nSPS) is 10.4. The molecule has 2 rings (SSSR count). The number of amides is 1. The van der Waals surface area contributed by atoms with Gasteiger partial charge in [0.15, 0.2) is 0 Å². The van der Waals surface area contributed by atoms with E-state index in [1.807, 2.05) is 0 Å². The van der Waals surface area contributed by atoms with Crippen molar-refractivity contribution >= 4 is 46.6 Å². The third-order valence-corrected chi connectivity index (χ3v) is 4.34. The van der Waals surface area contributed by atoms with Gasteiger partial charge in [0, 0.05) is 21.7 Å². The third-order valence-electron chi connectivity index (χ3n) is 2.61. The van der Waals surface area contributed by atoms with E-state index in [9.17, 15) is 9.90 Å². The number of aliphatic hydroxyl groups is 1. The number of carbonyl (C=O) groups is 1. The van der Waals surface area contributed by atoms with Crippen LogP contribution in [0.15, 0.2) is 41.6 Å². The summed E-state index contributed by atoms with van der Waals surface area (Å²) in [5.41, 5.74) is 1.12. The van der Waals surface area contributed by atoms with Crippen LogP contribution >= 0.6 is 35.0 Å². The molecule has 0 aliphatic rings. The fourth-order valence-corrected chi connectivity index (χ4v) is 2.88. The summed E-state index contributed by atoms with van der Waals surface area (Å²) < 4.78 is 0. The second-order valence-corrected chi connectivity index (χ2v) is 5.96. The minimum absolute atomic E-state index is 0.161. The van der Waals surface area contributed by atoms with E-state index in [0.29, 0.717) is 21.3 Å². The van der Waals surface area contributed by atoms with Gasteiger partial charge in [-0.25, -0.2) is 0 Å². The van der Waals surface area contributed by atoms with Crippen LogP contribution in [0.2, 0.25) is 10.0 Å². The molecule has 0 aliphatic carbocycles. The summed E-state index contributed by atoms with van der Waals surface area (Å²) in [5, 5.41) is 13.0. The third kappa shape index (κ3) is 4.61. The van der Waals surface area contributed by atoms with Crippen molar-refractivity contribution in [3.63, 3.8) is 0 Å². The highest BCUT2D eigenvalue weighted by Crippen LogP contribution is 2.29. The van der Waals surface area contributed by atoms with Gasteiger partial charge in [-0.15, -0.1) is 11.8 Å². The number of pyridine rings is 1. The molecule has 110 valence electrons. The van der Waals surface area contributed by atoms with Gasteiger partial charge in [0.25, 0.3) is 0 Å². The number of thioether (sulfide) groups is 1. The molecule has 1 aromatic carbocycles. The Kier molecular flexibility index (Phi) is 5.87. The van der Waals surface area contributed by atoms with Gasteiger partial charge < -0.3 is 10.4 Å². The lowest BCUT2D eigenvalue weighted by Gasteiger charge is -2.09. The molecule has 0 atom stereocenters. The number of hydrogen-bond donors (Lipinski definition) is 2. The number of hydrogen-bond acceptors (Lipinski definition) is 4. The van der Waals surface area contributed by atoms with Gasteiger partial charge in [-0.2, -0.15) is 0 Å². The minimum atomic E-state index is -0.209. The minimum Gasteiger partial charge on any atom is -0.392 e. The van der Waals surface area contributed by atoms with Crippen LogP contribution in [-0.2, 0) is 11.4 Å². The molecule has 2 N–H and O–H groups in total. The summed E-state index contributed by atoms with van der Waals surface area (Å²) in [6.45, 7) is -0.161. The highest BCUT2D eigenvalue weighted by atomic mass is 35.5. The number of halogens is 2. The Morgan fingerprint density at radius 2 is 2.14 bits per heavy atom. The van der Waals surface area contributed by atoms with Crippen molar-refractivity contribution < 1.29 is 9.90 Å². The average Bonchev–Trinajstić information content (AvgIpc) is 2.49. The molecule has 0 unspecified atom stereocenters. The van der Waals surface area contributed by atoms with Crippen LogP contribution in [0.25, 0.3) is 0 Å². The summed E-state index contributed by atoms with van der Waals surface area (Å²) in [7, 11) is 0. The lowest BCUT2D eigenvalue weighted by Crippen LogP contribution is -2.15. The van der Waals surface area contributed by atoms with Crippen LogP contribution in [0.1, 0.15) is 5.56 Å². The molecule has 21 heavy (non-hydrogen) atoms. The second kappa shape index (κ2) is 7.66. The average molecular weight is 343 g/mol. The molecular formula is C14H12Cl2N2O2S. The quantitative estimate of drug-likeness (QED) is 0.814. The lowest BCUT2D eigenvalue weighted by atomic mass is 10.2. The van der Waals surface area contributed by atoms with Crippen LogP contribution in [0.5, 0.6) is 0 Å². The zero-order chi connectivity index (χ0) is 15.2. The Labute approximate surface area is 136 Å². The van der Waals surface area contributed by atoms with Crippen LogP contribution in [0.4, 0.5) is 5.69 Å². The van der Waals surface area contributed by atoms with E-state index in [1.165, 1.54) is 18.0 Å². The highest BCUT2D eigenvalue weighted by molar-refractivity contribution is 8.00. The number of aliphatic hydroxyl groups excluding tert-OH is 1. The SMILES string of the molecule is O=C(CSc1cc(Cl)ccc1Cl)Nc1cnccc1CO. The molecule has 4 nitrogen and oxygen atoms in total. The Morgan fingerprint density at radius 1 is 1.33 bits per heavy atom. The molecule has 7 heteroatoms. The van der Waals surface area contributed by atoms with E-state index < -0.39 is 0 Å². The predicted molar refractivity (Wildman–Crippen MR) is 86.0 cm³/mol. The van der Waals surface area contributed by atoms with Gasteiger partial charge in [-0.1, -0.05) is 23.2 Å². The van der Waals surface area contributed by atoms with Crippen molar-refractivity contribution in [3.8, 4) is 0 Å². The number of rotatable bonds is 5. The molecule has 1 amide bonds. The molecule has 0 bridgehead atoms. The first kappa shape index (κ1) is 16.1. The van der Waals surface area contributed by atoms with E-state index in [0.717, 1.165) is 4.90 Å². The largest absolute Gasteiger partial charge is 0.392 e. The second-order valence-electron chi connectivity index (χ2n) is 4.10. The molecular weight excluding hydrogens is 331 g/mol. The van der Waals surface area contributed by atoms with Crippen molar-refractivity contribution in [3.05, 3.63) is 52.3 Å². The molecule has 0 saturated heterocycles. The molecule has 1 aromatic heterocycles. The molecule has 2 aromatic rings. The molecule has 0 spiro atoms. The van der Waals surface area contributed by atoms with E-state index in [-0.39, 0.29) is 18.3 Å². The first-order chi connectivity index (χ1) is 10.1. The topological polar surface area (TPSA) is 62.2 Å². The summed E-state index contributed by atoms with van der Waals surface area (Å²) >= 11 is 13.2. The first-order valence-corrected chi connectivity index (χ1v) is 7.75. The van der Waals surface area contributed by atoms with Crippen molar-refractivity contribution in [2.45, 2.75) is 11.5 Å². The van der Waals surface area contributed by atoms with Crippen molar-refractivity contribution in [2.75, 3.05) is 11.1 Å². The zero-order valence-corrected chi connectivity index (χ0v) is 13.2. The summed E-state index contributed by atoms with van der Waals surface area (Å²) in [5.74, 6) is -0.0291. The Bertz CT molecular complexity index is 653. The van der Waals surface area contributed by atoms with Gasteiger partial charge in [-0.05, 0) is 24.3 Å². The number of carbonyl (C=O) groups excluding carboxylic acids is 1. The maximum atomic E-state index is 11.9. The smallest absolute Gasteiger partial charge is 0.234 e. The summed E-state index contributed by atoms with van der Waals surface area (Å²) in [6.07, 6.45) is 3.06. The predicted octanol–water partition coefficient (Wildman–Crippen LogP) is 3.61. The van der Waals surface area contributed by atoms with Crippen molar-refractivity contribution in [1.82, 2.24) is 4.98 Å². The number of benzene rings is 1. The molecule has 0 aliphatic heterocycles. The molecule has 0 saturated carbocycles. The summed E-state index contributed by atoms with van der Waals surface area (Å²) in [4.78, 5) is 16.6. The standard InChI is InChI=1S/C14H12Cl2N2O2S/c15-10-1-2-11(16)13(5-10)21-8-14(20)18-12-6-17-4-3-9(12)7-19/h1-6,19H,7-8H2,(H,18,20). The monoisotopic (exact) mass is 342 g/mol. The fraction of sp³-hybridized carbons (Fsp3) is 0.143. The lowest BCUT2D eigenvalue weighted by molar-refractivity contribution is -0.113. The van der Waals surface area contributed by atoms with Crippen LogP contribution < -0.4 is 5.32 Å². The Morgan fingerprint density at radius 3 is 2.90 bits per heavy atom. The van der Waals surface area contributed by atoms with E-state index in [2.05, 4.69) is 10.3 Å². The van der Waals surface area contributed by atoms with Crippen LogP contribution in [0, 0.1) is 0 Å². The van der Waals surface area contributed by atoms with Gasteiger partial charge in [0.2, 0.25) is 5.91 Å². The van der Waals surface area contributed by atoms with E-state index in [4.69, 9.17) is 23.2 Å². The Hall–Kier alpha value is -1.27. The maximum Gasteiger partial charge on any atom is 0.234 e. The van der Waals surface area contributed by atoms with Crippen LogP contribution in [0.3, 0.4) is 0 Å². The Balaban J connectivity index is 1.97. The maximum absolute atomic E-state index is 11.9. The van der Waals surface area contributed by atoms with Gasteiger partial charge in [0.1, 0.15) is 0 Å². The molecule has 0 fully saturated rings. The van der Waals surface area contributed by atoms with Gasteiger partial charge >= 0.3 is 0 Å². The zero-order valence-electron chi connectivity index (χ0n) is 10.8. The van der Waals surface area contributed by atoms with Crippen molar-refractivity contribution in [2.24, 2.45) is 0 Å². The number of anilines is 1. The molecule has 0 radical (unpaired) electrons. The number of aromatic nitrogens is 1. The van der Waals surface area contributed by atoms with E-state index >= 15 is 0 Å². The van der Waals surface area contributed by atoms with Crippen molar-refractivity contribution in [1.29, 1.82) is 0 Å². The number of nitrogens with one attached hydrogen (secondary N) is 1. The van der Waals surface area contributed by atoms with Crippen LogP contribution in [-0.4, -0.2) is 21.8 Å². The van der Waals surface area contributed by atoms with Gasteiger partial charge in [0.05, 0.1) is 29.3 Å².